The Labute approximate surface area is 66.1 Å². The lowest BCUT2D eigenvalue weighted by atomic mass is 9.74. The summed E-state index contributed by atoms with van der Waals surface area (Å²) in [4.78, 5) is 9.60. The molecule has 0 aromatic heterocycles. The molecule has 5 heteroatoms. The van der Waals surface area contributed by atoms with Gasteiger partial charge in [0.2, 0.25) is 0 Å². The summed E-state index contributed by atoms with van der Waals surface area (Å²) in [5.41, 5.74) is -2.89. The monoisotopic (exact) mass is 182 g/mol. The largest absolute Gasteiger partial charge is 0.312 e. The lowest BCUT2D eigenvalue weighted by Crippen LogP contribution is -2.62. The number of carbonyl (C=O) groups excluding carboxylic acids is 1. The minimum atomic E-state index is -3.96. The smallest absolute Gasteiger partial charge is 0.241 e. The average molecular weight is 182 g/mol. The molecule has 0 saturated heterocycles. The van der Waals surface area contributed by atoms with Crippen molar-refractivity contribution in [1.82, 2.24) is 0 Å². The van der Waals surface area contributed by atoms with E-state index >= 15 is 0 Å². The Morgan fingerprint density at radius 1 is 1.50 bits per heavy atom. The van der Waals surface area contributed by atoms with Gasteiger partial charge in [0.05, 0.1) is 0 Å². The van der Waals surface area contributed by atoms with E-state index in [0.29, 0.717) is 6.08 Å². The van der Waals surface area contributed by atoms with Crippen molar-refractivity contribution in [3.8, 4) is 0 Å². The zero-order chi connectivity index (χ0) is 9.41. The predicted octanol–water partition coefficient (Wildman–Crippen LogP) is 1.85. The Bertz CT molecular complexity index is 234. The third-order valence-corrected chi connectivity index (χ3v) is 2.00. The molecule has 0 aromatic carbocycles. The number of allylic oxidation sites excluding steroid dienone is 1. The van der Waals surface area contributed by atoms with Crippen molar-refractivity contribution < 1.29 is 22.4 Å². The summed E-state index contributed by atoms with van der Waals surface area (Å²) in [5, 5.41) is 0. The van der Waals surface area contributed by atoms with E-state index in [9.17, 15) is 22.4 Å². The van der Waals surface area contributed by atoms with Gasteiger partial charge in [0.15, 0.2) is 11.8 Å². The maximum Gasteiger partial charge on any atom is 0.312 e. The number of rotatable bonds is 2. The van der Waals surface area contributed by atoms with E-state index < -0.39 is 30.6 Å². The van der Waals surface area contributed by atoms with Gasteiger partial charge in [-0.1, -0.05) is 0 Å². The molecule has 2 unspecified atom stereocenters. The van der Waals surface area contributed by atoms with Crippen LogP contribution in [0.4, 0.5) is 17.6 Å². The van der Waals surface area contributed by atoms with E-state index in [1.807, 2.05) is 0 Å². The quantitative estimate of drug-likeness (QED) is 0.470. The van der Waals surface area contributed by atoms with Crippen LogP contribution in [0.2, 0.25) is 0 Å². The van der Waals surface area contributed by atoms with Crippen LogP contribution in [0.15, 0.2) is 6.08 Å². The molecule has 0 N–H and O–H groups in total. The highest BCUT2D eigenvalue weighted by Gasteiger charge is 2.70. The van der Waals surface area contributed by atoms with Crippen LogP contribution in [0.25, 0.3) is 0 Å². The van der Waals surface area contributed by atoms with Crippen molar-refractivity contribution >= 4 is 5.94 Å². The second kappa shape index (κ2) is 2.59. The molecule has 0 heterocycles. The van der Waals surface area contributed by atoms with E-state index in [4.69, 9.17) is 0 Å². The molecule has 12 heavy (non-hydrogen) atoms. The molecule has 1 saturated carbocycles. The topological polar surface area (TPSA) is 17.1 Å². The third-order valence-electron chi connectivity index (χ3n) is 2.00. The van der Waals surface area contributed by atoms with Gasteiger partial charge in [-0.05, 0) is 0 Å². The molecule has 1 nitrogen and oxygen atoms in total. The summed E-state index contributed by atoms with van der Waals surface area (Å²) in [6, 6.07) is 0. The van der Waals surface area contributed by atoms with Gasteiger partial charge in [0.25, 0.3) is 0 Å². The molecular formula is C7H6F4O. The van der Waals surface area contributed by atoms with Crippen molar-refractivity contribution in [2.75, 3.05) is 0 Å². The van der Waals surface area contributed by atoms with Crippen LogP contribution in [-0.4, -0.2) is 23.7 Å². The number of halogens is 4. The molecular weight excluding hydrogens is 176 g/mol. The summed E-state index contributed by atoms with van der Waals surface area (Å²) < 4.78 is 49.8. The lowest BCUT2D eigenvalue weighted by molar-refractivity contribution is -0.257. The van der Waals surface area contributed by atoms with Gasteiger partial charge in [-0.15, -0.1) is 0 Å². The van der Waals surface area contributed by atoms with Crippen molar-refractivity contribution in [2.45, 2.75) is 30.6 Å². The van der Waals surface area contributed by atoms with Gasteiger partial charge in [-0.25, -0.2) is 13.6 Å². The van der Waals surface area contributed by atoms with Crippen LogP contribution in [0.3, 0.4) is 0 Å². The molecule has 1 aliphatic carbocycles. The molecule has 0 amide bonds. The first kappa shape index (κ1) is 9.26. The number of hydrogen-bond acceptors (Lipinski definition) is 1. The predicted molar refractivity (Wildman–Crippen MR) is 33.2 cm³/mol. The van der Waals surface area contributed by atoms with Crippen LogP contribution < -0.4 is 0 Å². The Kier molecular flexibility index (Phi) is 2.00. The van der Waals surface area contributed by atoms with Gasteiger partial charge in [0, 0.05) is 18.9 Å². The van der Waals surface area contributed by atoms with Gasteiger partial charge in [0.1, 0.15) is 5.94 Å². The van der Waals surface area contributed by atoms with E-state index in [1.54, 1.807) is 0 Å². The molecule has 1 aliphatic rings. The molecule has 0 radical (unpaired) electrons. The summed E-state index contributed by atoms with van der Waals surface area (Å²) in [5.74, 6) is -2.78. The molecule has 68 valence electrons. The first-order chi connectivity index (χ1) is 5.44. The molecule has 1 rings (SSSR count). The molecule has 1 fully saturated rings. The van der Waals surface area contributed by atoms with Crippen molar-refractivity contribution in [3.63, 3.8) is 0 Å². The Balaban J connectivity index is 2.69. The second-order valence-corrected chi connectivity index (χ2v) is 2.79. The van der Waals surface area contributed by atoms with Crippen LogP contribution >= 0.6 is 0 Å². The number of alkyl halides is 4. The molecule has 0 aliphatic heterocycles. The van der Waals surface area contributed by atoms with Crippen LogP contribution in [0.1, 0.15) is 12.8 Å². The fourth-order valence-corrected chi connectivity index (χ4v) is 1.12. The highest BCUT2D eigenvalue weighted by Crippen LogP contribution is 2.53. The van der Waals surface area contributed by atoms with Gasteiger partial charge >= 0.3 is 5.92 Å². The third kappa shape index (κ3) is 1.05. The Morgan fingerprint density at radius 2 is 2.08 bits per heavy atom. The number of hydrogen-bond donors (Lipinski definition) is 0. The van der Waals surface area contributed by atoms with Crippen molar-refractivity contribution in [3.05, 3.63) is 6.08 Å². The SMILES string of the molecule is O=C=CCC1(F)CC(F)C1(F)F. The van der Waals surface area contributed by atoms with Gasteiger partial charge in [-0.2, -0.15) is 8.78 Å². The molecule has 2 atom stereocenters. The zero-order valence-corrected chi connectivity index (χ0v) is 5.99. The maximum absolute atomic E-state index is 12.9. The molecule has 0 bridgehead atoms. The normalized spacial score (nSPS) is 38.2. The lowest BCUT2D eigenvalue weighted by Gasteiger charge is -2.44. The van der Waals surface area contributed by atoms with Gasteiger partial charge in [-0.3, -0.25) is 0 Å². The summed E-state index contributed by atoms with van der Waals surface area (Å²) in [7, 11) is 0. The standard InChI is InChI=1S/C7H6F4O/c8-5-4-6(9,2-1-3-12)7(5,10)11/h1,5H,2,4H2. The van der Waals surface area contributed by atoms with E-state index in [2.05, 4.69) is 0 Å². The van der Waals surface area contributed by atoms with E-state index in [0.717, 1.165) is 0 Å². The van der Waals surface area contributed by atoms with Crippen molar-refractivity contribution in [1.29, 1.82) is 0 Å². The average Bonchev–Trinajstić information content (AvgIpc) is 2.01. The first-order valence-corrected chi connectivity index (χ1v) is 3.34. The highest BCUT2D eigenvalue weighted by atomic mass is 19.3. The summed E-state index contributed by atoms with van der Waals surface area (Å²) in [6.07, 6.45) is -3.44. The summed E-state index contributed by atoms with van der Waals surface area (Å²) in [6.45, 7) is 0. The van der Waals surface area contributed by atoms with E-state index in [-0.39, 0.29) is 0 Å². The fourth-order valence-electron chi connectivity index (χ4n) is 1.12. The molecule has 0 spiro atoms. The van der Waals surface area contributed by atoms with Gasteiger partial charge < -0.3 is 0 Å². The highest BCUT2D eigenvalue weighted by molar-refractivity contribution is 5.45. The van der Waals surface area contributed by atoms with Crippen LogP contribution in [0.5, 0.6) is 0 Å². The molecule has 0 aromatic rings. The summed E-state index contributed by atoms with van der Waals surface area (Å²) >= 11 is 0. The van der Waals surface area contributed by atoms with Crippen molar-refractivity contribution in [2.24, 2.45) is 0 Å². The van der Waals surface area contributed by atoms with Crippen LogP contribution in [0, 0.1) is 0 Å². The van der Waals surface area contributed by atoms with Crippen LogP contribution in [-0.2, 0) is 4.79 Å². The Hall–Kier alpha value is -0.830. The maximum atomic E-state index is 12.9. The zero-order valence-electron chi connectivity index (χ0n) is 5.99. The fraction of sp³-hybridized carbons (Fsp3) is 0.714. The minimum Gasteiger partial charge on any atom is -0.241 e. The van der Waals surface area contributed by atoms with E-state index in [1.165, 1.54) is 5.94 Å². The Morgan fingerprint density at radius 3 is 2.42 bits per heavy atom. The second-order valence-electron chi connectivity index (χ2n) is 2.79. The first-order valence-electron chi connectivity index (χ1n) is 3.34. The minimum absolute atomic E-state index is 0.611.